The van der Waals surface area contributed by atoms with Crippen LogP contribution in [0, 0.1) is 6.92 Å². The van der Waals surface area contributed by atoms with Gasteiger partial charge in [-0.25, -0.2) is 14.8 Å². The summed E-state index contributed by atoms with van der Waals surface area (Å²) in [5.41, 5.74) is 0.554. The Labute approximate surface area is 160 Å². The number of carbonyl (C=O) groups is 1. The predicted octanol–water partition coefficient (Wildman–Crippen LogP) is 2.06. The molecule has 4 aromatic heterocycles. The predicted molar refractivity (Wildman–Crippen MR) is 103 cm³/mol. The van der Waals surface area contributed by atoms with E-state index >= 15 is 0 Å². The summed E-state index contributed by atoms with van der Waals surface area (Å²) in [6, 6.07) is 1.40. The van der Waals surface area contributed by atoms with E-state index in [1.54, 1.807) is 25.4 Å². The number of carbonyl (C=O) groups excluding carboxylic acids is 1. The maximum atomic E-state index is 12.9. The maximum Gasteiger partial charge on any atom is 0.348 e. The van der Waals surface area contributed by atoms with Crippen LogP contribution in [0.2, 0.25) is 0 Å². The van der Waals surface area contributed by atoms with Crippen LogP contribution in [0.25, 0.3) is 15.2 Å². The molecule has 10 heteroatoms. The van der Waals surface area contributed by atoms with Gasteiger partial charge in [0.1, 0.15) is 9.71 Å². The minimum atomic E-state index is -0.457. The first kappa shape index (κ1) is 17.6. The fourth-order valence-electron chi connectivity index (χ4n) is 2.81. The second kappa shape index (κ2) is 6.71. The van der Waals surface area contributed by atoms with E-state index in [0.717, 1.165) is 11.3 Å². The van der Waals surface area contributed by atoms with Crippen molar-refractivity contribution in [2.75, 3.05) is 6.61 Å². The van der Waals surface area contributed by atoms with Crippen LogP contribution in [0.5, 0.6) is 0 Å². The minimum absolute atomic E-state index is 0.120. The lowest BCUT2D eigenvalue weighted by molar-refractivity contribution is 0.0531. The number of thiophene rings is 1. The number of fused-ring (bicyclic) bond motifs is 2. The van der Waals surface area contributed by atoms with E-state index in [1.165, 1.54) is 32.7 Å². The summed E-state index contributed by atoms with van der Waals surface area (Å²) in [4.78, 5) is 47.2. The third-order valence-corrected chi connectivity index (χ3v) is 6.00. The van der Waals surface area contributed by atoms with Crippen LogP contribution in [0.4, 0.5) is 0 Å². The molecule has 0 aliphatic carbocycles. The van der Waals surface area contributed by atoms with E-state index in [9.17, 15) is 14.4 Å². The standard InChI is InChI=1S/C17H14N4O4S2/c1-3-25-16(24)13-9(2)12-14(27-13)18-8-20(15(12)23)7-10-6-11(22)21-4-5-26-17(21)19-10/h4-6,8H,3,7H2,1-2H3. The van der Waals surface area contributed by atoms with E-state index in [4.69, 9.17) is 4.74 Å². The molecular formula is C17H14N4O4S2. The third kappa shape index (κ3) is 2.96. The van der Waals surface area contributed by atoms with Crippen LogP contribution in [-0.2, 0) is 11.3 Å². The smallest absolute Gasteiger partial charge is 0.348 e. The Bertz CT molecular complexity index is 1300. The number of rotatable bonds is 4. The summed E-state index contributed by atoms with van der Waals surface area (Å²) in [6.45, 7) is 3.82. The highest BCUT2D eigenvalue weighted by Crippen LogP contribution is 2.27. The van der Waals surface area contributed by atoms with Gasteiger partial charge in [0, 0.05) is 17.6 Å². The molecule has 4 rings (SSSR count). The van der Waals surface area contributed by atoms with E-state index in [1.807, 2.05) is 0 Å². The summed E-state index contributed by atoms with van der Waals surface area (Å²) in [6.07, 6.45) is 3.07. The Morgan fingerprint density at radius 3 is 2.93 bits per heavy atom. The van der Waals surface area contributed by atoms with E-state index in [2.05, 4.69) is 9.97 Å². The number of aryl methyl sites for hydroxylation is 1. The van der Waals surface area contributed by atoms with Crippen LogP contribution in [0.3, 0.4) is 0 Å². The fourth-order valence-corrected chi connectivity index (χ4v) is 4.58. The van der Waals surface area contributed by atoms with Crippen molar-refractivity contribution >= 4 is 43.8 Å². The van der Waals surface area contributed by atoms with Gasteiger partial charge in [0.15, 0.2) is 4.96 Å². The second-order valence-electron chi connectivity index (χ2n) is 5.78. The summed E-state index contributed by atoms with van der Waals surface area (Å²) < 4.78 is 7.88. The Hall–Kier alpha value is -2.85. The minimum Gasteiger partial charge on any atom is -0.462 e. The molecule has 0 amide bonds. The van der Waals surface area contributed by atoms with Gasteiger partial charge in [-0.05, 0) is 19.4 Å². The van der Waals surface area contributed by atoms with Gasteiger partial charge in [-0.1, -0.05) is 0 Å². The molecule has 0 aromatic carbocycles. The first-order valence-corrected chi connectivity index (χ1v) is 9.80. The van der Waals surface area contributed by atoms with Gasteiger partial charge in [-0.2, -0.15) is 0 Å². The average molecular weight is 402 g/mol. The molecule has 4 aromatic rings. The summed E-state index contributed by atoms with van der Waals surface area (Å²) in [7, 11) is 0. The first-order chi connectivity index (χ1) is 13.0. The molecule has 0 radical (unpaired) electrons. The second-order valence-corrected chi connectivity index (χ2v) is 7.65. The van der Waals surface area contributed by atoms with Crippen LogP contribution >= 0.6 is 22.7 Å². The summed E-state index contributed by atoms with van der Waals surface area (Å²) in [5.74, 6) is -0.457. The molecule has 0 spiro atoms. The molecule has 0 saturated heterocycles. The molecule has 0 aliphatic rings. The van der Waals surface area contributed by atoms with Crippen molar-refractivity contribution in [3.8, 4) is 0 Å². The molecular weight excluding hydrogens is 388 g/mol. The van der Waals surface area contributed by atoms with E-state index < -0.39 is 5.97 Å². The van der Waals surface area contributed by atoms with Gasteiger partial charge in [-0.3, -0.25) is 18.6 Å². The Kier molecular flexibility index (Phi) is 4.36. The first-order valence-electron chi connectivity index (χ1n) is 8.11. The largest absolute Gasteiger partial charge is 0.462 e. The van der Waals surface area contributed by atoms with Crippen LogP contribution in [-0.4, -0.2) is 31.5 Å². The molecule has 0 unspecified atom stereocenters. The summed E-state index contributed by atoms with van der Waals surface area (Å²) in [5, 5.41) is 2.17. The van der Waals surface area contributed by atoms with Gasteiger partial charge in [0.25, 0.3) is 11.1 Å². The zero-order chi connectivity index (χ0) is 19.1. The molecule has 0 bridgehead atoms. The highest BCUT2D eigenvalue weighted by Gasteiger charge is 2.20. The normalized spacial score (nSPS) is 11.3. The van der Waals surface area contributed by atoms with Crippen molar-refractivity contribution in [2.45, 2.75) is 20.4 Å². The number of thiazole rings is 1. The number of aromatic nitrogens is 4. The zero-order valence-corrected chi connectivity index (χ0v) is 16.1. The topological polar surface area (TPSA) is 95.6 Å². The number of ether oxygens (including phenoxy) is 1. The van der Waals surface area contributed by atoms with Crippen molar-refractivity contribution < 1.29 is 9.53 Å². The molecule has 0 fully saturated rings. The average Bonchev–Trinajstić information content (AvgIpc) is 3.23. The lowest BCUT2D eigenvalue weighted by Crippen LogP contribution is -2.23. The molecule has 4 heterocycles. The quantitative estimate of drug-likeness (QED) is 0.485. The van der Waals surface area contributed by atoms with Gasteiger partial charge in [0.05, 0.1) is 30.6 Å². The van der Waals surface area contributed by atoms with Crippen LogP contribution < -0.4 is 11.1 Å². The Balaban J connectivity index is 1.79. The maximum absolute atomic E-state index is 12.9. The number of hydrogen-bond donors (Lipinski definition) is 0. The highest BCUT2D eigenvalue weighted by molar-refractivity contribution is 7.20. The SMILES string of the molecule is CCOC(=O)c1sc2ncn(Cc3cc(=O)n4ccsc4n3)c(=O)c2c1C. The zero-order valence-electron chi connectivity index (χ0n) is 14.5. The third-order valence-electron chi connectivity index (χ3n) is 4.07. The van der Waals surface area contributed by atoms with Crippen molar-refractivity contribution in [2.24, 2.45) is 0 Å². The number of hydrogen-bond acceptors (Lipinski definition) is 8. The monoisotopic (exact) mass is 402 g/mol. The van der Waals surface area contributed by atoms with Gasteiger partial charge >= 0.3 is 5.97 Å². The fraction of sp³-hybridized carbons (Fsp3) is 0.235. The lowest BCUT2D eigenvalue weighted by Gasteiger charge is -2.05. The van der Waals surface area contributed by atoms with Gasteiger partial charge in [-0.15, -0.1) is 22.7 Å². The van der Waals surface area contributed by atoms with E-state index in [0.29, 0.717) is 31.3 Å². The van der Waals surface area contributed by atoms with Crippen molar-refractivity contribution in [3.63, 3.8) is 0 Å². The molecule has 8 nitrogen and oxygen atoms in total. The molecule has 0 aliphatic heterocycles. The number of nitrogens with zero attached hydrogens (tertiary/aromatic N) is 4. The van der Waals surface area contributed by atoms with Gasteiger partial charge < -0.3 is 4.74 Å². The van der Waals surface area contributed by atoms with Crippen LogP contribution in [0.15, 0.2) is 33.6 Å². The van der Waals surface area contributed by atoms with Crippen LogP contribution in [0.1, 0.15) is 27.9 Å². The Morgan fingerprint density at radius 1 is 1.33 bits per heavy atom. The van der Waals surface area contributed by atoms with Crippen molar-refractivity contribution in [1.29, 1.82) is 0 Å². The van der Waals surface area contributed by atoms with Gasteiger partial charge in [0.2, 0.25) is 0 Å². The highest BCUT2D eigenvalue weighted by atomic mass is 32.1. The molecule has 0 N–H and O–H groups in total. The van der Waals surface area contributed by atoms with Crippen molar-refractivity contribution in [3.05, 3.63) is 60.8 Å². The molecule has 138 valence electrons. The lowest BCUT2D eigenvalue weighted by atomic mass is 10.2. The number of esters is 1. The molecule has 0 saturated carbocycles. The van der Waals surface area contributed by atoms with Crippen molar-refractivity contribution in [1.82, 2.24) is 18.9 Å². The molecule has 0 atom stereocenters. The van der Waals surface area contributed by atoms with E-state index in [-0.39, 0.29) is 24.3 Å². The Morgan fingerprint density at radius 2 is 2.15 bits per heavy atom. The molecule has 27 heavy (non-hydrogen) atoms. The summed E-state index contributed by atoms with van der Waals surface area (Å²) >= 11 is 2.49.